The van der Waals surface area contributed by atoms with Crippen LogP contribution in [-0.2, 0) is 19.5 Å². The standard InChI is InChI=1S/C15H21NO4S/c1-12-4-6-14(7-5-12)21(17,18)16-8-2-3-13(11-16)15-19-9-10-20-15/h4-7,13,15H,2-3,8-11H2,1H3/t13-/m1/s1. The van der Waals surface area contributed by atoms with Gasteiger partial charge in [-0.1, -0.05) is 17.7 Å². The van der Waals surface area contributed by atoms with E-state index in [1.54, 1.807) is 16.4 Å². The van der Waals surface area contributed by atoms with Crippen molar-refractivity contribution in [2.24, 2.45) is 5.92 Å². The van der Waals surface area contributed by atoms with Crippen molar-refractivity contribution in [1.29, 1.82) is 0 Å². The van der Waals surface area contributed by atoms with Gasteiger partial charge in [0.25, 0.3) is 0 Å². The van der Waals surface area contributed by atoms with Gasteiger partial charge >= 0.3 is 0 Å². The topological polar surface area (TPSA) is 55.8 Å². The molecule has 2 fully saturated rings. The Labute approximate surface area is 125 Å². The highest BCUT2D eigenvalue weighted by molar-refractivity contribution is 7.89. The summed E-state index contributed by atoms with van der Waals surface area (Å²) in [6.07, 6.45) is 1.55. The molecule has 0 radical (unpaired) electrons. The zero-order valence-corrected chi connectivity index (χ0v) is 13.0. The fraction of sp³-hybridized carbons (Fsp3) is 0.600. The smallest absolute Gasteiger partial charge is 0.243 e. The lowest BCUT2D eigenvalue weighted by atomic mass is 9.99. The van der Waals surface area contributed by atoms with E-state index in [2.05, 4.69) is 0 Å². The van der Waals surface area contributed by atoms with Gasteiger partial charge in [0.1, 0.15) is 0 Å². The summed E-state index contributed by atoms with van der Waals surface area (Å²) < 4.78 is 38.0. The van der Waals surface area contributed by atoms with Crippen LogP contribution >= 0.6 is 0 Å². The molecule has 0 spiro atoms. The number of hydrogen-bond acceptors (Lipinski definition) is 4. The minimum Gasteiger partial charge on any atom is -0.350 e. The second-order valence-corrected chi connectivity index (χ2v) is 7.63. The van der Waals surface area contributed by atoms with Crippen molar-refractivity contribution in [3.63, 3.8) is 0 Å². The molecule has 3 rings (SSSR count). The average molecular weight is 311 g/mol. The predicted molar refractivity (Wildman–Crippen MR) is 78.4 cm³/mol. The van der Waals surface area contributed by atoms with Gasteiger partial charge in [0, 0.05) is 19.0 Å². The first-order chi connectivity index (χ1) is 10.1. The second-order valence-electron chi connectivity index (χ2n) is 5.69. The molecule has 0 unspecified atom stereocenters. The number of piperidine rings is 1. The summed E-state index contributed by atoms with van der Waals surface area (Å²) in [7, 11) is -3.42. The average Bonchev–Trinajstić information content (AvgIpc) is 3.02. The van der Waals surface area contributed by atoms with Gasteiger partial charge in [-0.2, -0.15) is 4.31 Å². The van der Waals surface area contributed by atoms with Gasteiger partial charge in [-0.25, -0.2) is 8.42 Å². The molecule has 116 valence electrons. The molecule has 2 saturated heterocycles. The number of benzene rings is 1. The molecular weight excluding hydrogens is 290 g/mol. The Morgan fingerprint density at radius 3 is 2.48 bits per heavy atom. The fourth-order valence-electron chi connectivity index (χ4n) is 2.92. The molecule has 6 heteroatoms. The molecule has 0 saturated carbocycles. The second kappa shape index (κ2) is 6.04. The van der Waals surface area contributed by atoms with E-state index in [9.17, 15) is 8.42 Å². The largest absolute Gasteiger partial charge is 0.350 e. The Morgan fingerprint density at radius 1 is 1.14 bits per heavy atom. The maximum atomic E-state index is 12.7. The van der Waals surface area contributed by atoms with E-state index < -0.39 is 10.0 Å². The van der Waals surface area contributed by atoms with Crippen molar-refractivity contribution in [2.75, 3.05) is 26.3 Å². The summed E-state index contributed by atoms with van der Waals surface area (Å²) in [6.45, 7) is 4.19. The minimum absolute atomic E-state index is 0.126. The number of sulfonamides is 1. The monoisotopic (exact) mass is 311 g/mol. The lowest BCUT2D eigenvalue weighted by Gasteiger charge is -2.33. The molecule has 2 aliphatic rings. The number of ether oxygens (including phenoxy) is 2. The maximum absolute atomic E-state index is 12.7. The molecule has 0 aromatic heterocycles. The summed E-state index contributed by atoms with van der Waals surface area (Å²) in [5.74, 6) is 0.126. The van der Waals surface area contributed by atoms with Crippen LogP contribution in [0.1, 0.15) is 18.4 Å². The molecule has 0 amide bonds. The zero-order chi connectivity index (χ0) is 14.9. The van der Waals surface area contributed by atoms with Gasteiger partial charge in [0.2, 0.25) is 10.0 Å². The molecule has 1 atom stereocenters. The highest BCUT2D eigenvalue weighted by Crippen LogP contribution is 2.28. The van der Waals surface area contributed by atoms with E-state index in [0.29, 0.717) is 31.2 Å². The van der Waals surface area contributed by atoms with Gasteiger partial charge in [0.05, 0.1) is 18.1 Å². The molecule has 0 aliphatic carbocycles. The third-order valence-electron chi connectivity index (χ3n) is 4.11. The van der Waals surface area contributed by atoms with Crippen LogP contribution in [-0.4, -0.2) is 45.3 Å². The van der Waals surface area contributed by atoms with Crippen LogP contribution in [0.5, 0.6) is 0 Å². The zero-order valence-electron chi connectivity index (χ0n) is 12.2. The van der Waals surface area contributed by atoms with Crippen molar-refractivity contribution < 1.29 is 17.9 Å². The minimum atomic E-state index is -3.42. The maximum Gasteiger partial charge on any atom is 0.243 e. The lowest BCUT2D eigenvalue weighted by Crippen LogP contribution is -2.43. The summed E-state index contributed by atoms with van der Waals surface area (Å²) in [4.78, 5) is 0.363. The van der Waals surface area contributed by atoms with Crippen LogP contribution in [0.3, 0.4) is 0 Å². The third kappa shape index (κ3) is 3.13. The van der Waals surface area contributed by atoms with Crippen LogP contribution in [0.25, 0.3) is 0 Å². The quantitative estimate of drug-likeness (QED) is 0.854. The number of nitrogens with zero attached hydrogens (tertiary/aromatic N) is 1. The van der Waals surface area contributed by atoms with Crippen molar-refractivity contribution in [2.45, 2.75) is 31.0 Å². The van der Waals surface area contributed by atoms with Crippen molar-refractivity contribution in [1.82, 2.24) is 4.31 Å². The van der Waals surface area contributed by atoms with Crippen LogP contribution < -0.4 is 0 Å². The van der Waals surface area contributed by atoms with Crippen LogP contribution in [0.15, 0.2) is 29.2 Å². The van der Waals surface area contributed by atoms with Gasteiger partial charge in [-0.15, -0.1) is 0 Å². The summed E-state index contributed by atoms with van der Waals surface area (Å²) in [5.41, 5.74) is 1.05. The Morgan fingerprint density at radius 2 is 1.81 bits per heavy atom. The Balaban J connectivity index is 1.76. The van der Waals surface area contributed by atoms with Crippen LogP contribution in [0.2, 0.25) is 0 Å². The van der Waals surface area contributed by atoms with Gasteiger partial charge in [0.15, 0.2) is 6.29 Å². The predicted octanol–water partition coefficient (Wildman–Crippen LogP) is 1.77. The normalized spacial score (nSPS) is 25.3. The highest BCUT2D eigenvalue weighted by Gasteiger charge is 2.35. The van der Waals surface area contributed by atoms with E-state index in [-0.39, 0.29) is 12.2 Å². The van der Waals surface area contributed by atoms with Crippen LogP contribution in [0.4, 0.5) is 0 Å². The van der Waals surface area contributed by atoms with Gasteiger partial charge in [-0.05, 0) is 31.9 Å². The van der Waals surface area contributed by atoms with E-state index >= 15 is 0 Å². The molecule has 21 heavy (non-hydrogen) atoms. The number of aryl methyl sites for hydroxylation is 1. The first kappa shape index (κ1) is 15.0. The van der Waals surface area contributed by atoms with Gasteiger partial charge < -0.3 is 9.47 Å². The Kier molecular flexibility index (Phi) is 4.31. The summed E-state index contributed by atoms with van der Waals surface area (Å²) >= 11 is 0. The van der Waals surface area contributed by atoms with Crippen molar-refractivity contribution in [3.05, 3.63) is 29.8 Å². The third-order valence-corrected chi connectivity index (χ3v) is 5.99. The molecular formula is C15H21NO4S. The molecule has 0 N–H and O–H groups in total. The first-order valence-electron chi connectivity index (χ1n) is 7.37. The molecule has 5 nitrogen and oxygen atoms in total. The fourth-order valence-corrected chi connectivity index (χ4v) is 4.46. The Bertz CT molecular complexity index is 578. The molecule has 1 aromatic carbocycles. The van der Waals surface area contributed by atoms with E-state index in [1.807, 2.05) is 19.1 Å². The summed E-state index contributed by atoms with van der Waals surface area (Å²) in [6, 6.07) is 7.02. The first-order valence-corrected chi connectivity index (χ1v) is 8.81. The van der Waals surface area contributed by atoms with Crippen LogP contribution in [0, 0.1) is 12.8 Å². The SMILES string of the molecule is Cc1ccc(S(=O)(=O)N2CCC[C@@H](C3OCCO3)C2)cc1. The van der Waals surface area contributed by atoms with Crippen molar-refractivity contribution >= 4 is 10.0 Å². The molecule has 0 bridgehead atoms. The highest BCUT2D eigenvalue weighted by atomic mass is 32.2. The number of hydrogen-bond donors (Lipinski definition) is 0. The lowest BCUT2D eigenvalue weighted by molar-refractivity contribution is -0.0940. The summed E-state index contributed by atoms with van der Waals surface area (Å²) in [5, 5.41) is 0. The van der Waals surface area contributed by atoms with Gasteiger partial charge in [-0.3, -0.25) is 0 Å². The van der Waals surface area contributed by atoms with E-state index in [0.717, 1.165) is 18.4 Å². The Hall–Kier alpha value is -0.950. The van der Waals surface area contributed by atoms with Crippen molar-refractivity contribution in [3.8, 4) is 0 Å². The molecule has 2 aliphatic heterocycles. The van der Waals surface area contributed by atoms with E-state index in [4.69, 9.17) is 9.47 Å². The molecule has 2 heterocycles. The molecule has 1 aromatic rings. The number of rotatable bonds is 3. The van der Waals surface area contributed by atoms with E-state index in [1.165, 1.54) is 0 Å².